The minimum absolute atomic E-state index is 0.456. The van der Waals surface area contributed by atoms with Gasteiger partial charge < -0.3 is 10.3 Å². The summed E-state index contributed by atoms with van der Waals surface area (Å²) in [5.74, 6) is 0.950. The van der Waals surface area contributed by atoms with E-state index in [0.717, 1.165) is 21.7 Å². The Hall–Kier alpha value is -1.73. The molecule has 2 N–H and O–H groups in total. The number of hydrogen-bond acceptors (Lipinski definition) is 7. The molecule has 0 spiro atoms. The van der Waals surface area contributed by atoms with Gasteiger partial charge in [-0.1, -0.05) is 5.16 Å². The predicted octanol–water partition coefficient (Wildman–Crippen LogP) is 3.12. The predicted molar refractivity (Wildman–Crippen MR) is 72.6 cm³/mol. The smallest absolute Gasteiger partial charge is 0.261 e. The van der Waals surface area contributed by atoms with Gasteiger partial charge in [-0.2, -0.15) is 4.98 Å². The van der Waals surface area contributed by atoms with Crippen LogP contribution in [0.3, 0.4) is 0 Å². The molecule has 0 saturated heterocycles. The van der Waals surface area contributed by atoms with E-state index < -0.39 is 0 Å². The van der Waals surface area contributed by atoms with Crippen molar-refractivity contribution in [2.75, 3.05) is 5.73 Å². The summed E-state index contributed by atoms with van der Waals surface area (Å²) in [5.41, 5.74) is 10.4. The van der Waals surface area contributed by atoms with Crippen molar-refractivity contribution in [2.45, 2.75) is 13.8 Å². The first-order chi connectivity index (χ1) is 8.66. The van der Waals surface area contributed by atoms with Crippen LogP contribution in [0.15, 0.2) is 15.4 Å². The number of thiazole rings is 1. The number of anilines is 1. The number of hydrogen-bond donors (Lipinski definition) is 1. The molecule has 0 bridgehead atoms. The van der Waals surface area contributed by atoms with Gasteiger partial charge in [-0.05, 0) is 19.4 Å². The molecule has 3 heterocycles. The summed E-state index contributed by atoms with van der Waals surface area (Å²) in [6, 6.07) is 0. The van der Waals surface area contributed by atoms with Gasteiger partial charge in [0.1, 0.15) is 5.69 Å². The summed E-state index contributed by atoms with van der Waals surface area (Å²) in [6.45, 7) is 4.03. The van der Waals surface area contributed by atoms with Crippen LogP contribution in [0.4, 0.5) is 5.00 Å². The van der Waals surface area contributed by atoms with Crippen LogP contribution in [0.2, 0.25) is 0 Å². The van der Waals surface area contributed by atoms with Crippen molar-refractivity contribution in [3.8, 4) is 23.0 Å². The number of nitrogen functional groups attached to an aromatic ring is 1. The van der Waals surface area contributed by atoms with E-state index in [1.165, 1.54) is 22.7 Å². The summed E-state index contributed by atoms with van der Waals surface area (Å²) in [6.07, 6.45) is 0. The minimum atomic E-state index is 0.456. The summed E-state index contributed by atoms with van der Waals surface area (Å²) < 4.78 is 5.28. The maximum absolute atomic E-state index is 5.98. The third kappa shape index (κ3) is 1.72. The topological polar surface area (TPSA) is 77.8 Å². The number of nitrogens with two attached hydrogens (primary N) is 1. The number of nitrogens with zero attached hydrogens (tertiary/aromatic N) is 3. The largest absolute Gasteiger partial charge is 0.390 e. The number of rotatable bonds is 2. The molecule has 0 atom stereocenters. The normalized spacial score (nSPS) is 11.0. The Morgan fingerprint density at radius 1 is 1.33 bits per heavy atom. The molecule has 7 heteroatoms. The fraction of sp³-hybridized carbons (Fsp3) is 0.182. The number of aromatic nitrogens is 3. The molecule has 0 saturated carbocycles. The van der Waals surface area contributed by atoms with Crippen LogP contribution in [-0.4, -0.2) is 15.1 Å². The Balaban J connectivity index is 2.08. The minimum Gasteiger partial charge on any atom is -0.390 e. The van der Waals surface area contributed by atoms with Crippen molar-refractivity contribution in [2.24, 2.45) is 0 Å². The van der Waals surface area contributed by atoms with Crippen LogP contribution in [0.5, 0.6) is 0 Å². The molecule has 0 aliphatic carbocycles. The fourth-order valence-corrected chi connectivity index (χ4v) is 3.13. The van der Waals surface area contributed by atoms with Crippen molar-refractivity contribution in [3.63, 3.8) is 0 Å². The van der Waals surface area contributed by atoms with Crippen molar-refractivity contribution in [1.29, 1.82) is 0 Å². The summed E-state index contributed by atoms with van der Waals surface area (Å²) in [5, 5.41) is 6.52. The summed E-state index contributed by atoms with van der Waals surface area (Å²) in [4.78, 5) is 9.66. The summed E-state index contributed by atoms with van der Waals surface area (Å²) in [7, 11) is 0. The quantitative estimate of drug-likeness (QED) is 0.779. The lowest BCUT2D eigenvalue weighted by atomic mass is 10.1. The lowest BCUT2D eigenvalue weighted by molar-refractivity contribution is 0.432. The molecule has 0 radical (unpaired) electrons. The Kier molecular flexibility index (Phi) is 2.64. The SMILES string of the molecule is Cc1sc(N)c(-c2nc(-c3cscn3)no2)c1C. The Bertz CT molecular complexity index is 684. The molecular weight excluding hydrogens is 268 g/mol. The van der Waals surface area contributed by atoms with Gasteiger partial charge in [0, 0.05) is 10.3 Å². The zero-order chi connectivity index (χ0) is 12.7. The second-order valence-corrected chi connectivity index (χ2v) is 5.79. The van der Waals surface area contributed by atoms with E-state index in [2.05, 4.69) is 15.1 Å². The van der Waals surface area contributed by atoms with Crippen LogP contribution < -0.4 is 5.73 Å². The second-order valence-electron chi connectivity index (χ2n) is 3.82. The zero-order valence-electron chi connectivity index (χ0n) is 9.80. The van der Waals surface area contributed by atoms with Gasteiger partial charge >= 0.3 is 0 Å². The monoisotopic (exact) mass is 278 g/mol. The third-order valence-electron chi connectivity index (χ3n) is 2.71. The molecule has 0 aromatic carbocycles. The van der Waals surface area contributed by atoms with E-state index in [-0.39, 0.29) is 0 Å². The van der Waals surface area contributed by atoms with E-state index in [4.69, 9.17) is 10.3 Å². The molecule has 0 aliphatic rings. The first-order valence-electron chi connectivity index (χ1n) is 5.25. The Morgan fingerprint density at radius 2 is 2.17 bits per heavy atom. The first-order valence-corrected chi connectivity index (χ1v) is 7.01. The van der Waals surface area contributed by atoms with E-state index in [1.54, 1.807) is 5.51 Å². The standard InChI is InChI=1S/C11H10N4OS2/c1-5-6(2)18-9(12)8(5)11-14-10(15-16-11)7-3-17-4-13-7/h3-4H,12H2,1-2H3. The summed E-state index contributed by atoms with van der Waals surface area (Å²) >= 11 is 3.03. The van der Waals surface area contributed by atoms with Gasteiger partial charge in [0.25, 0.3) is 5.89 Å². The molecule has 0 amide bonds. The highest BCUT2D eigenvalue weighted by atomic mass is 32.1. The highest BCUT2D eigenvalue weighted by molar-refractivity contribution is 7.16. The van der Waals surface area contributed by atoms with Crippen LogP contribution in [0.25, 0.3) is 23.0 Å². The average Bonchev–Trinajstić information content (AvgIpc) is 3.01. The van der Waals surface area contributed by atoms with Crippen molar-refractivity contribution >= 4 is 27.7 Å². The maximum Gasteiger partial charge on any atom is 0.261 e. The molecule has 0 aliphatic heterocycles. The van der Waals surface area contributed by atoms with Gasteiger partial charge in [0.05, 0.1) is 16.1 Å². The van der Waals surface area contributed by atoms with E-state index >= 15 is 0 Å². The molecule has 3 aromatic rings. The molecule has 0 unspecified atom stereocenters. The second kappa shape index (κ2) is 4.18. The lowest BCUT2D eigenvalue weighted by Gasteiger charge is -1.94. The van der Waals surface area contributed by atoms with Gasteiger partial charge in [0.2, 0.25) is 5.82 Å². The van der Waals surface area contributed by atoms with Crippen LogP contribution >= 0.6 is 22.7 Å². The molecule has 3 aromatic heterocycles. The van der Waals surface area contributed by atoms with Crippen LogP contribution in [0.1, 0.15) is 10.4 Å². The third-order valence-corrected chi connectivity index (χ3v) is 4.34. The van der Waals surface area contributed by atoms with Crippen molar-refractivity contribution < 1.29 is 4.52 Å². The molecule has 92 valence electrons. The molecule has 5 nitrogen and oxygen atoms in total. The van der Waals surface area contributed by atoms with E-state index in [1.807, 2.05) is 19.2 Å². The first kappa shape index (κ1) is 11.4. The highest BCUT2D eigenvalue weighted by Gasteiger charge is 2.19. The Morgan fingerprint density at radius 3 is 2.78 bits per heavy atom. The zero-order valence-corrected chi connectivity index (χ0v) is 11.4. The van der Waals surface area contributed by atoms with Gasteiger partial charge in [-0.25, -0.2) is 4.98 Å². The van der Waals surface area contributed by atoms with Crippen molar-refractivity contribution in [3.05, 3.63) is 21.3 Å². The van der Waals surface area contributed by atoms with Crippen LogP contribution in [-0.2, 0) is 0 Å². The van der Waals surface area contributed by atoms with E-state index in [0.29, 0.717) is 16.7 Å². The Labute approximate surface area is 111 Å². The average molecular weight is 278 g/mol. The van der Waals surface area contributed by atoms with Gasteiger partial charge in [0.15, 0.2) is 0 Å². The van der Waals surface area contributed by atoms with Gasteiger partial charge in [-0.15, -0.1) is 22.7 Å². The maximum atomic E-state index is 5.98. The van der Waals surface area contributed by atoms with Gasteiger partial charge in [-0.3, -0.25) is 0 Å². The molecular formula is C11H10N4OS2. The van der Waals surface area contributed by atoms with E-state index in [9.17, 15) is 0 Å². The number of thiophene rings is 1. The molecule has 0 fully saturated rings. The fourth-order valence-electron chi connectivity index (χ4n) is 1.67. The molecule has 3 rings (SSSR count). The van der Waals surface area contributed by atoms with Crippen molar-refractivity contribution in [1.82, 2.24) is 15.1 Å². The van der Waals surface area contributed by atoms with Crippen LogP contribution in [0, 0.1) is 13.8 Å². The molecule has 18 heavy (non-hydrogen) atoms. The lowest BCUT2D eigenvalue weighted by Crippen LogP contribution is -1.86. The number of aryl methyl sites for hydroxylation is 1. The highest BCUT2D eigenvalue weighted by Crippen LogP contribution is 2.37.